The van der Waals surface area contributed by atoms with Gasteiger partial charge in [0.05, 0.1) is 4.91 Å². The Hall–Kier alpha value is -1.33. The number of aliphatic imine (C=N–C) groups is 1. The molecular formula is C13H16N4S. The van der Waals surface area contributed by atoms with Crippen LogP contribution in [0.4, 0.5) is 5.82 Å². The molecule has 1 aromatic heterocycles. The van der Waals surface area contributed by atoms with Gasteiger partial charge in [-0.3, -0.25) is 4.99 Å². The maximum Gasteiger partial charge on any atom is 0.159 e. The van der Waals surface area contributed by atoms with E-state index in [4.69, 9.17) is 10.8 Å². The minimum Gasteiger partial charge on any atom is -0.251 e. The number of unbranched alkanes of at least 4 members (excludes halogenated alkanes) is 1. The van der Waals surface area contributed by atoms with E-state index in [9.17, 15) is 0 Å². The fraction of sp³-hybridized carbons (Fsp3) is 0.385. The summed E-state index contributed by atoms with van der Waals surface area (Å²) in [5.74, 6) is 7.76. The van der Waals surface area contributed by atoms with Crippen molar-refractivity contribution in [3.05, 3.63) is 28.8 Å². The van der Waals surface area contributed by atoms with E-state index in [2.05, 4.69) is 18.0 Å². The van der Waals surface area contributed by atoms with Gasteiger partial charge in [-0.25, -0.2) is 15.8 Å². The number of anilines is 1. The van der Waals surface area contributed by atoms with Gasteiger partial charge in [-0.15, -0.1) is 0 Å². The van der Waals surface area contributed by atoms with Crippen molar-refractivity contribution in [1.29, 1.82) is 0 Å². The molecule has 0 bridgehead atoms. The lowest BCUT2D eigenvalue weighted by atomic mass is 10.2. The van der Waals surface area contributed by atoms with Crippen molar-refractivity contribution in [2.75, 3.05) is 5.01 Å². The number of rotatable bonds is 3. The lowest BCUT2D eigenvalue weighted by Crippen LogP contribution is -2.40. The molecule has 0 saturated heterocycles. The maximum atomic E-state index is 6.11. The van der Waals surface area contributed by atoms with Crippen molar-refractivity contribution in [2.45, 2.75) is 31.6 Å². The zero-order chi connectivity index (χ0) is 12.5. The number of hydrazine groups is 1. The highest BCUT2D eigenvalue weighted by atomic mass is 32.2. The van der Waals surface area contributed by atoms with Crippen molar-refractivity contribution in [1.82, 2.24) is 4.98 Å². The van der Waals surface area contributed by atoms with Gasteiger partial charge in [0.25, 0.3) is 0 Å². The van der Waals surface area contributed by atoms with Crippen LogP contribution in [-0.4, -0.2) is 16.2 Å². The second-order valence-corrected chi connectivity index (χ2v) is 5.68. The Morgan fingerprint density at radius 3 is 3.22 bits per heavy atom. The summed E-state index contributed by atoms with van der Waals surface area (Å²) in [7, 11) is 0. The first-order valence-electron chi connectivity index (χ1n) is 6.26. The van der Waals surface area contributed by atoms with E-state index in [0.717, 1.165) is 23.6 Å². The monoisotopic (exact) mass is 260 g/mol. The molecule has 0 aromatic carbocycles. The third-order valence-corrected chi connectivity index (χ3v) is 4.28. The van der Waals surface area contributed by atoms with Gasteiger partial charge in [0.15, 0.2) is 11.7 Å². The number of pyridine rings is 1. The molecule has 4 nitrogen and oxygen atoms in total. The van der Waals surface area contributed by atoms with Crippen molar-refractivity contribution >= 4 is 29.5 Å². The highest BCUT2D eigenvalue weighted by Gasteiger charge is 2.31. The lowest BCUT2D eigenvalue weighted by Gasteiger charge is -2.23. The Bertz CT molecular complexity index is 523. The predicted molar refractivity (Wildman–Crippen MR) is 77.2 cm³/mol. The molecule has 0 saturated carbocycles. The molecule has 5 heteroatoms. The third kappa shape index (κ3) is 1.93. The number of amidine groups is 1. The number of nitrogens with two attached hydrogens (primary N) is 1. The Morgan fingerprint density at radius 2 is 2.39 bits per heavy atom. The van der Waals surface area contributed by atoms with Gasteiger partial charge in [-0.05, 0) is 24.6 Å². The molecule has 0 aliphatic carbocycles. The SMILES string of the molecule is CCCCC1N=C2C(=Cc3cccnc3N2N)S1. The molecule has 18 heavy (non-hydrogen) atoms. The van der Waals surface area contributed by atoms with Crippen LogP contribution in [0.3, 0.4) is 0 Å². The molecule has 0 amide bonds. The number of aromatic nitrogens is 1. The number of thioether (sulfide) groups is 1. The van der Waals surface area contributed by atoms with Gasteiger partial charge in [0, 0.05) is 11.8 Å². The average molecular weight is 260 g/mol. The summed E-state index contributed by atoms with van der Waals surface area (Å²) in [5, 5.41) is 1.93. The fourth-order valence-electron chi connectivity index (χ4n) is 2.17. The highest BCUT2D eigenvalue weighted by Crippen LogP contribution is 2.40. The largest absolute Gasteiger partial charge is 0.251 e. The summed E-state index contributed by atoms with van der Waals surface area (Å²) in [5.41, 5.74) is 1.07. The molecule has 0 spiro atoms. The van der Waals surface area contributed by atoms with Crippen LogP contribution in [-0.2, 0) is 0 Å². The molecule has 94 valence electrons. The van der Waals surface area contributed by atoms with Gasteiger partial charge >= 0.3 is 0 Å². The smallest absolute Gasteiger partial charge is 0.159 e. The van der Waals surface area contributed by atoms with Crippen molar-refractivity contribution in [3.63, 3.8) is 0 Å². The highest BCUT2D eigenvalue weighted by molar-refractivity contribution is 8.05. The second-order valence-electron chi connectivity index (χ2n) is 4.46. The molecule has 3 rings (SSSR count). The van der Waals surface area contributed by atoms with Crippen LogP contribution >= 0.6 is 11.8 Å². The average Bonchev–Trinajstić information content (AvgIpc) is 2.80. The summed E-state index contributed by atoms with van der Waals surface area (Å²) in [6.07, 6.45) is 7.42. The molecule has 2 aliphatic rings. The second kappa shape index (κ2) is 4.74. The molecule has 3 heterocycles. The van der Waals surface area contributed by atoms with E-state index in [0.29, 0.717) is 5.37 Å². The van der Waals surface area contributed by atoms with Gasteiger partial charge in [0.2, 0.25) is 0 Å². The first-order valence-corrected chi connectivity index (χ1v) is 7.14. The summed E-state index contributed by atoms with van der Waals surface area (Å²) < 4.78 is 0. The van der Waals surface area contributed by atoms with Crippen molar-refractivity contribution in [3.8, 4) is 0 Å². The Labute approximate surface area is 111 Å². The number of fused-ring (bicyclic) bond motifs is 2. The van der Waals surface area contributed by atoms with Gasteiger partial charge < -0.3 is 0 Å². The lowest BCUT2D eigenvalue weighted by molar-refractivity contribution is 0.703. The summed E-state index contributed by atoms with van der Waals surface area (Å²) in [6.45, 7) is 2.20. The molecule has 0 radical (unpaired) electrons. The first-order chi connectivity index (χ1) is 8.79. The minimum atomic E-state index is 0.312. The molecule has 0 fully saturated rings. The van der Waals surface area contributed by atoms with Crippen molar-refractivity contribution < 1.29 is 0 Å². The Kier molecular flexibility index (Phi) is 3.09. The first kappa shape index (κ1) is 11.7. The van der Waals surface area contributed by atoms with Crippen LogP contribution in [0.25, 0.3) is 6.08 Å². The van der Waals surface area contributed by atoms with Crippen LogP contribution in [0.2, 0.25) is 0 Å². The number of hydrogen-bond acceptors (Lipinski definition) is 5. The van der Waals surface area contributed by atoms with E-state index in [1.165, 1.54) is 17.7 Å². The number of nitrogens with zero attached hydrogens (tertiary/aromatic N) is 3. The minimum absolute atomic E-state index is 0.312. The van der Waals surface area contributed by atoms with Crippen LogP contribution < -0.4 is 10.9 Å². The van der Waals surface area contributed by atoms with Gasteiger partial charge in [-0.1, -0.05) is 31.5 Å². The Morgan fingerprint density at radius 1 is 1.50 bits per heavy atom. The quantitative estimate of drug-likeness (QED) is 0.849. The summed E-state index contributed by atoms with van der Waals surface area (Å²) >= 11 is 1.81. The van der Waals surface area contributed by atoms with E-state index in [1.807, 2.05) is 23.9 Å². The summed E-state index contributed by atoms with van der Waals surface area (Å²) in [6, 6.07) is 3.96. The molecule has 2 N–H and O–H groups in total. The molecule has 2 aliphatic heterocycles. The zero-order valence-electron chi connectivity index (χ0n) is 10.3. The van der Waals surface area contributed by atoms with Crippen LogP contribution in [0.15, 0.2) is 28.2 Å². The van der Waals surface area contributed by atoms with Crippen LogP contribution in [0, 0.1) is 0 Å². The predicted octanol–water partition coefficient (Wildman–Crippen LogP) is 2.78. The summed E-state index contributed by atoms with van der Waals surface area (Å²) in [4.78, 5) is 10.2. The topological polar surface area (TPSA) is 54.5 Å². The molecule has 1 aromatic rings. The van der Waals surface area contributed by atoms with Crippen molar-refractivity contribution in [2.24, 2.45) is 10.8 Å². The van der Waals surface area contributed by atoms with Crippen LogP contribution in [0.5, 0.6) is 0 Å². The standard InChI is InChI=1S/C13H16N4S/c1-2-3-6-11-16-13-10(18-11)8-9-5-4-7-15-12(9)17(13)14/h4-5,7-8,11H,2-3,6,14H2,1H3. The van der Waals surface area contributed by atoms with Gasteiger partial charge in [-0.2, -0.15) is 0 Å². The fourth-order valence-corrected chi connectivity index (χ4v) is 3.35. The number of hydrogen-bond donors (Lipinski definition) is 1. The third-order valence-electron chi connectivity index (χ3n) is 3.11. The molecular weight excluding hydrogens is 244 g/mol. The van der Waals surface area contributed by atoms with E-state index in [1.54, 1.807) is 11.2 Å². The van der Waals surface area contributed by atoms with E-state index < -0.39 is 0 Å². The van der Waals surface area contributed by atoms with Gasteiger partial charge in [0.1, 0.15) is 5.37 Å². The maximum absolute atomic E-state index is 6.11. The molecule has 1 unspecified atom stereocenters. The van der Waals surface area contributed by atoms with E-state index in [-0.39, 0.29) is 0 Å². The van der Waals surface area contributed by atoms with Crippen LogP contribution in [0.1, 0.15) is 31.7 Å². The normalized spacial score (nSPS) is 21.2. The molecule has 1 atom stereocenters. The Balaban J connectivity index is 1.90. The zero-order valence-corrected chi connectivity index (χ0v) is 11.2. The van der Waals surface area contributed by atoms with E-state index >= 15 is 0 Å².